The molecule has 17 heavy (non-hydrogen) atoms. The van der Waals surface area contributed by atoms with Crippen molar-refractivity contribution in [1.29, 1.82) is 0 Å². The van der Waals surface area contributed by atoms with Crippen molar-refractivity contribution in [2.24, 2.45) is 5.11 Å². The van der Waals surface area contributed by atoms with Gasteiger partial charge in [-0.25, -0.2) is 8.78 Å². The molecule has 0 spiro atoms. The van der Waals surface area contributed by atoms with Gasteiger partial charge >= 0.3 is 0 Å². The van der Waals surface area contributed by atoms with E-state index in [1.807, 2.05) is 0 Å². The van der Waals surface area contributed by atoms with E-state index in [0.29, 0.717) is 6.42 Å². The number of benzene rings is 1. The van der Waals surface area contributed by atoms with E-state index >= 15 is 0 Å². The minimum Gasteiger partial charge on any atom is -0.495 e. The molecule has 0 aliphatic carbocycles. The van der Waals surface area contributed by atoms with Gasteiger partial charge in [0.25, 0.3) is 0 Å². The number of nitrogens with zero attached hydrogens (tertiary/aromatic N) is 3. The van der Waals surface area contributed by atoms with Gasteiger partial charge in [-0.05, 0) is 11.6 Å². The molecule has 0 aliphatic heterocycles. The average molecular weight is 237 g/mol. The Bertz CT molecular complexity index is 513. The summed E-state index contributed by atoms with van der Waals surface area (Å²) in [6, 6.07) is 1.90. The molecule has 0 atom stereocenters. The van der Waals surface area contributed by atoms with Gasteiger partial charge in [0.05, 0.1) is 12.7 Å². The molecular weight excluding hydrogens is 228 g/mol. The Kier molecular flexibility index (Phi) is 4.79. The molecule has 0 radical (unpaired) electrons. The van der Waals surface area contributed by atoms with E-state index in [4.69, 9.17) is 10.3 Å². The topological polar surface area (TPSA) is 58.0 Å². The highest BCUT2D eigenvalue weighted by Crippen LogP contribution is 2.21. The minimum absolute atomic E-state index is 0.167. The van der Waals surface area contributed by atoms with Crippen LogP contribution in [0.2, 0.25) is 0 Å². The molecule has 0 heterocycles. The minimum atomic E-state index is -0.985. The highest BCUT2D eigenvalue weighted by atomic mass is 19.2. The van der Waals surface area contributed by atoms with Gasteiger partial charge in [-0.15, -0.1) is 0 Å². The van der Waals surface area contributed by atoms with E-state index in [1.165, 1.54) is 7.11 Å². The fourth-order valence-electron chi connectivity index (χ4n) is 1.10. The van der Waals surface area contributed by atoms with E-state index in [0.717, 1.165) is 12.1 Å². The third-order valence-electron chi connectivity index (χ3n) is 1.87. The number of rotatable bonds is 3. The Hall–Kier alpha value is -2.25. The monoisotopic (exact) mass is 237 g/mol. The summed E-state index contributed by atoms with van der Waals surface area (Å²) in [5.41, 5.74) is 8.29. The third-order valence-corrected chi connectivity index (χ3v) is 1.87. The number of halogens is 2. The van der Waals surface area contributed by atoms with E-state index in [9.17, 15) is 8.78 Å². The summed E-state index contributed by atoms with van der Waals surface area (Å²) in [6.07, 6.45) is 0.339. The molecule has 4 nitrogen and oxygen atoms in total. The first-order chi connectivity index (χ1) is 8.19. The lowest BCUT2D eigenvalue weighted by Crippen LogP contribution is -1.92. The first-order valence-corrected chi connectivity index (χ1v) is 4.71. The Morgan fingerprint density at radius 2 is 2.12 bits per heavy atom. The smallest absolute Gasteiger partial charge is 0.162 e. The van der Waals surface area contributed by atoms with Gasteiger partial charge in [0.2, 0.25) is 0 Å². The molecule has 1 rings (SSSR count). The molecule has 1 aromatic carbocycles. The molecule has 6 heteroatoms. The van der Waals surface area contributed by atoms with Gasteiger partial charge < -0.3 is 4.74 Å². The summed E-state index contributed by atoms with van der Waals surface area (Å²) in [5.74, 6) is 3.50. The molecule has 0 unspecified atom stereocenters. The van der Waals surface area contributed by atoms with Crippen LogP contribution in [0.3, 0.4) is 0 Å². The van der Waals surface area contributed by atoms with Crippen LogP contribution in [-0.2, 0) is 0 Å². The zero-order valence-corrected chi connectivity index (χ0v) is 9.07. The SMILES string of the molecule is COc1cc(F)c(F)cc1C#CCCN=[N+]=[N-]. The van der Waals surface area contributed by atoms with Crippen molar-refractivity contribution in [3.8, 4) is 17.6 Å². The number of hydrogen-bond acceptors (Lipinski definition) is 2. The fourth-order valence-corrected chi connectivity index (χ4v) is 1.10. The molecule has 88 valence electrons. The second kappa shape index (κ2) is 6.36. The van der Waals surface area contributed by atoms with Gasteiger partial charge in [0.1, 0.15) is 5.75 Å². The lowest BCUT2D eigenvalue weighted by Gasteiger charge is -2.03. The van der Waals surface area contributed by atoms with Crippen LogP contribution >= 0.6 is 0 Å². The van der Waals surface area contributed by atoms with Gasteiger partial charge in [-0.1, -0.05) is 17.0 Å². The van der Waals surface area contributed by atoms with E-state index in [2.05, 4.69) is 21.9 Å². The largest absolute Gasteiger partial charge is 0.495 e. The number of hydrogen-bond donors (Lipinski definition) is 0. The first-order valence-electron chi connectivity index (χ1n) is 4.71. The Morgan fingerprint density at radius 3 is 2.76 bits per heavy atom. The summed E-state index contributed by atoms with van der Waals surface area (Å²) in [6.45, 7) is 0.232. The molecule has 1 aromatic rings. The van der Waals surface area contributed by atoms with Crippen LogP contribution in [0, 0.1) is 23.5 Å². The molecule has 0 N–H and O–H groups in total. The zero-order valence-electron chi connectivity index (χ0n) is 9.07. The van der Waals surface area contributed by atoms with E-state index < -0.39 is 11.6 Å². The van der Waals surface area contributed by atoms with Crippen molar-refractivity contribution in [2.75, 3.05) is 13.7 Å². The highest BCUT2D eigenvalue weighted by Gasteiger charge is 2.08. The molecular formula is C11H9F2N3O. The average Bonchev–Trinajstić information content (AvgIpc) is 2.33. The van der Waals surface area contributed by atoms with Gasteiger partial charge in [-0.3, -0.25) is 0 Å². The second-order valence-electron chi connectivity index (χ2n) is 2.97. The summed E-state index contributed by atoms with van der Waals surface area (Å²) in [7, 11) is 1.35. The zero-order chi connectivity index (χ0) is 12.7. The number of azide groups is 1. The van der Waals surface area contributed by atoms with Crippen LogP contribution < -0.4 is 4.74 Å². The lowest BCUT2D eigenvalue weighted by atomic mass is 10.2. The van der Waals surface area contributed by atoms with Crippen LogP contribution in [0.5, 0.6) is 5.75 Å². The van der Waals surface area contributed by atoms with Crippen molar-refractivity contribution < 1.29 is 13.5 Å². The molecule has 0 aliphatic rings. The van der Waals surface area contributed by atoms with Crippen LogP contribution in [0.15, 0.2) is 17.2 Å². The van der Waals surface area contributed by atoms with Gasteiger partial charge in [0, 0.05) is 23.9 Å². The maximum atomic E-state index is 13.0. The lowest BCUT2D eigenvalue weighted by molar-refractivity contribution is 0.405. The number of methoxy groups -OCH3 is 1. The third kappa shape index (κ3) is 3.67. The molecule has 0 saturated carbocycles. The molecule has 0 saturated heterocycles. The van der Waals surface area contributed by atoms with Crippen LogP contribution in [-0.4, -0.2) is 13.7 Å². The molecule has 0 aromatic heterocycles. The predicted octanol–water partition coefficient (Wildman–Crippen LogP) is 3.03. The highest BCUT2D eigenvalue weighted by molar-refractivity contribution is 5.46. The summed E-state index contributed by atoms with van der Waals surface area (Å²) >= 11 is 0. The summed E-state index contributed by atoms with van der Waals surface area (Å²) < 4.78 is 30.7. The quantitative estimate of drug-likeness (QED) is 0.262. The van der Waals surface area contributed by atoms with Crippen LogP contribution in [0.1, 0.15) is 12.0 Å². The normalized spacial score (nSPS) is 8.88. The van der Waals surface area contributed by atoms with Crippen molar-refractivity contribution >= 4 is 0 Å². The summed E-state index contributed by atoms with van der Waals surface area (Å²) in [5, 5.41) is 3.29. The number of ether oxygens (including phenoxy) is 1. The Labute approximate surface area is 96.8 Å². The first kappa shape index (κ1) is 12.8. The van der Waals surface area contributed by atoms with Crippen LogP contribution in [0.4, 0.5) is 8.78 Å². The molecule has 0 bridgehead atoms. The van der Waals surface area contributed by atoms with Crippen molar-refractivity contribution in [3.05, 3.63) is 39.8 Å². The van der Waals surface area contributed by atoms with Crippen molar-refractivity contribution in [3.63, 3.8) is 0 Å². The predicted molar refractivity (Wildman–Crippen MR) is 58.4 cm³/mol. The molecule has 0 fully saturated rings. The Morgan fingerprint density at radius 1 is 1.41 bits per heavy atom. The van der Waals surface area contributed by atoms with Crippen LogP contribution in [0.25, 0.3) is 10.4 Å². The van der Waals surface area contributed by atoms with Gasteiger partial charge in [0.15, 0.2) is 11.6 Å². The fraction of sp³-hybridized carbons (Fsp3) is 0.273. The maximum Gasteiger partial charge on any atom is 0.162 e. The summed E-state index contributed by atoms with van der Waals surface area (Å²) in [4.78, 5) is 2.56. The van der Waals surface area contributed by atoms with E-state index in [1.54, 1.807) is 0 Å². The second-order valence-corrected chi connectivity index (χ2v) is 2.97. The Balaban J connectivity index is 2.89. The van der Waals surface area contributed by atoms with E-state index in [-0.39, 0.29) is 17.9 Å². The van der Waals surface area contributed by atoms with Crippen molar-refractivity contribution in [1.82, 2.24) is 0 Å². The standard InChI is InChI=1S/C11H9F2N3O/c1-17-11-7-10(13)9(12)6-8(11)4-2-3-5-15-16-14/h6-7H,3,5H2,1H3. The van der Waals surface area contributed by atoms with Crippen molar-refractivity contribution in [2.45, 2.75) is 6.42 Å². The molecule has 0 amide bonds. The van der Waals surface area contributed by atoms with Gasteiger partial charge in [-0.2, -0.15) is 0 Å². The maximum absolute atomic E-state index is 13.0.